The summed E-state index contributed by atoms with van der Waals surface area (Å²) < 4.78 is 39.7. The fraction of sp³-hybridized carbons (Fsp3) is 0.208. The molecular weight excluding hydrogens is 478 g/mol. The van der Waals surface area contributed by atoms with Crippen molar-refractivity contribution < 1.29 is 28.2 Å². The quantitative estimate of drug-likeness (QED) is 0.332. The maximum atomic E-state index is 13.2. The van der Waals surface area contributed by atoms with E-state index < -0.39 is 29.4 Å². The number of aliphatic hydroxyl groups is 1. The fourth-order valence-electron chi connectivity index (χ4n) is 3.31. The van der Waals surface area contributed by atoms with Gasteiger partial charge in [0.2, 0.25) is 0 Å². The minimum absolute atomic E-state index is 0. The third kappa shape index (κ3) is 7.20. The van der Waals surface area contributed by atoms with Crippen LogP contribution in [0.3, 0.4) is 0 Å². The molecule has 0 aromatic heterocycles. The Balaban J connectivity index is 0.00000385. The minimum Gasteiger partial charge on any atom is -0.478 e. The van der Waals surface area contributed by atoms with Crippen LogP contribution in [0.5, 0.6) is 0 Å². The first-order valence-electron chi connectivity index (χ1n) is 9.83. The molecule has 0 spiro atoms. The topological polar surface area (TPSA) is 69.6 Å². The Morgan fingerprint density at radius 3 is 2.27 bits per heavy atom. The van der Waals surface area contributed by atoms with E-state index in [1.807, 2.05) is 12.1 Å². The monoisotopic (exact) mass is 499 g/mol. The van der Waals surface area contributed by atoms with Crippen molar-refractivity contribution in [1.29, 1.82) is 0 Å². The van der Waals surface area contributed by atoms with Gasteiger partial charge in [0.15, 0.2) is 0 Å². The predicted molar refractivity (Wildman–Crippen MR) is 124 cm³/mol. The highest BCUT2D eigenvalue weighted by Gasteiger charge is 2.35. The normalized spacial score (nSPS) is 12.2. The van der Waals surface area contributed by atoms with E-state index in [9.17, 15) is 23.1 Å². The van der Waals surface area contributed by atoms with Crippen molar-refractivity contribution in [2.45, 2.75) is 18.7 Å². The number of rotatable bonds is 8. The van der Waals surface area contributed by atoms with Crippen LogP contribution in [0, 0.1) is 0 Å². The van der Waals surface area contributed by atoms with E-state index in [-0.39, 0.29) is 18.0 Å². The first-order valence-corrected chi connectivity index (χ1v) is 10.2. The van der Waals surface area contributed by atoms with Crippen LogP contribution in [0.25, 0.3) is 11.1 Å². The van der Waals surface area contributed by atoms with E-state index >= 15 is 0 Å². The number of nitrogens with one attached hydrogen (secondary N) is 1. The lowest BCUT2D eigenvalue weighted by Gasteiger charge is -2.13. The Labute approximate surface area is 200 Å². The predicted octanol–water partition coefficient (Wildman–Crippen LogP) is 6.01. The summed E-state index contributed by atoms with van der Waals surface area (Å²) in [6.07, 6.45) is -4.79. The van der Waals surface area contributed by atoms with Gasteiger partial charge in [0.1, 0.15) is 0 Å². The zero-order chi connectivity index (χ0) is 23.3. The molecule has 176 valence electrons. The van der Waals surface area contributed by atoms with Crippen molar-refractivity contribution >= 4 is 30.0 Å². The Morgan fingerprint density at radius 1 is 1.00 bits per heavy atom. The Hall–Kier alpha value is -2.58. The van der Waals surface area contributed by atoms with Gasteiger partial charge >= 0.3 is 12.1 Å². The van der Waals surface area contributed by atoms with Crippen molar-refractivity contribution in [2.24, 2.45) is 0 Å². The van der Waals surface area contributed by atoms with Gasteiger partial charge in [-0.05, 0) is 59.5 Å². The number of hydrogen-bond acceptors (Lipinski definition) is 3. The Morgan fingerprint density at radius 2 is 1.67 bits per heavy atom. The lowest BCUT2D eigenvalue weighted by molar-refractivity contribution is -0.138. The number of carboxylic acids is 1. The van der Waals surface area contributed by atoms with Gasteiger partial charge in [-0.25, -0.2) is 4.79 Å². The number of aliphatic hydroxyl groups excluding tert-OH is 1. The third-order valence-corrected chi connectivity index (χ3v) is 5.24. The molecule has 0 amide bonds. The average molecular weight is 500 g/mol. The van der Waals surface area contributed by atoms with Crippen molar-refractivity contribution in [2.75, 3.05) is 13.1 Å². The van der Waals surface area contributed by atoms with E-state index in [2.05, 4.69) is 5.32 Å². The van der Waals surface area contributed by atoms with Crippen molar-refractivity contribution in [3.8, 4) is 11.1 Å². The second-order valence-corrected chi connectivity index (χ2v) is 7.72. The van der Waals surface area contributed by atoms with Crippen LogP contribution in [0.15, 0.2) is 66.7 Å². The summed E-state index contributed by atoms with van der Waals surface area (Å²) in [4.78, 5) is 11.1. The molecule has 0 fully saturated rings. The van der Waals surface area contributed by atoms with Crippen LogP contribution < -0.4 is 5.32 Å². The van der Waals surface area contributed by atoms with Crippen LogP contribution in [0.4, 0.5) is 13.2 Å². The summed E-state index contributed by atoms with van der Waals surface area (Å²) in [6, 6.07) is 17.2. The number of halogens is 5. The molecule has 1 atom stereocenters. The number of aromatic carboxylic acids is 1. The molecule has 0 aliphatic heterocycles. The summed E-state index contributed by atoms with van der Waals surface area (Å²) in [6.45, 7) is 0.955. The number of hydrogen-bond donors (Lipinski definition) is 3. The zero-order valence-electron chi connectivity index (χ0n) is 17.3. The smallest absolute Gasteiger partial charge is 0.417 e. The summed E-state index contributed by atoms with van der Waals surface area (Å²) >= 11 is 5.93. The molecule has 4 nitrogen and oxygen atoms in total. The SMILES string of the molecule is Cl.O=C(O)c1ccc(-c2ccc(CCNC[C@H](O)c3cccc(Cl)c3)cc2)cc1C(F)(F)F. The molecule has 3 N–H and O–H groups in total. The van der Waals surface area contributed by atoms with E-state index in [1.54, 1.807) is 36.4 Å². The first-order chi connectivity index (χ1) is 15.1. The molecule has 0 aliphatic carbocycles. The van der Waals surface area contributed by atoms with Gasteiger partial charge in [-0.1, -0.05) is 54.1 Å². The van der Waals surface area contributed by atoms with E-state index in [0.717, 1.165) is 23.3 Å². The van der Waals surface area contributed by atoms with Gasteiger partial charge in [0, 0.05) is 11.6 Å². The minimum atomic E-state index is -4.76. The van der Waals surface area contributed by atoms with E-state index in [1.165, 1.54) is 6.07 Å². The van der Waals surface area contributed by atoms with Crippen molar-refractivity contribution in [1.82, 2.24) is 5.32 Å². The lowest BCUT2D eigenvalue weighted by atomic mass is 9.97. The maximum Gasteiger partial charge on any atom is 0.417 e. The van der Waals surface area contributed by atoms with Crippen LogP contribution >= 0.6 is 24.0 Å². The largest absolute Gasteiger partial charge is 0.478 e. The van der Waals surface area contributed by atoms with Gasteiger partial charge in [0.05, 0.1) is 17.2 Å². The molecule has 0 aliphatic rings. The molecule has 0 unspecified atom stereocenters. The summed E-state index contributed by atoms with van der Waals surface area (Å²) in [5, 5.41) is 22.9. The third-order valence-electron chi connectivity index (χ3n) is 5.00. The average Bonchev–Trinajstić information content (AvgIpc) is 2.76. The van der Waals surface area contributed by atoms with Crippen molar-refractivity contribution in [3.63, 3.8) is 0 Å². The standard InChI is InChI=1S/C24H21ClF3NO3.ClH/c25-19-3-1-2-18(12-19)22(30)14-29-11-10-15-4-6-16(7-5-15)17-8-9-20(23(31)32)21(13-17)24(26,27)28;/h1-9,12-13,22,29-30H,10-11,14H2,(H,31,32);1H/t22-;/m0./s1. The molecule has 0 saturated heterocycles. The number of carboxylic acid groups (broad SMARTS) is 1. The molecule has 0 radical (unpaired) electrons. The molecule has 0 heterocycles. The van der Waals surface area contributed by atoms with Gasteiger partial charge in [0.25, 0.3) is 0 Å². The van der Waals surface area contributed by atoms with Gasteiger partial charge in [-0.15, -0.1) is 12.4 Å². The highest BCUT2D eigenvalue weighted by atomic mass is 35.5. The number of alkyl halides is 3. The molecule has 0 bridgehead atoms. The molecule has 0 saturated carbocycles. The second kappa shape index (κ2) is 11.5. The summed E-state index contributed by atoms with van der Waals surface area (Å²) in [5.74, 6) is -1.62. The van der Waals surface area contributed by atoms with E-state index in [0.29, 0.717) is 30.1 Å². The van der Waals surface area contributed by atoms with Gasteiger partial charge < -0.3 is 15.5 Å². The second-order valence-electron chi connectivity index (χ2n) is 7.29. The molecule has 3 aromatic carbocycles. The van der Waals surface area contributed by atoms with Crippen LogP contribution in [-0.2, 0) is 12.6 Å². The summed E-state index contributed by atoms with van der Waals surface area (Å²) in [5.41, 5.74) is 0.591. The van der Waals surface area contributed by atoms with Gasteiger partial charge in [-0.2, -0.15) is 13.2 Å². The fourth-order valence-corrected chi connectivity index (χ4v) is 3.51. The van der Waals surface area contributed by atoms with E-state index in [4.69, 9.17) is 16.7 Å². The summed E-state index contributed by atoms with van der Waals surface area (Å²) in [7, 11) is 0. The van der Waals surface area contributed by atoms with Crippen LogP contribution in [0.1, 0.15) is 33.2 Å². The molecule has 3 aromatic rings. The number of benzene rings is 3. The number of carbonyl (C=O) groups is 1. The van der Waals surface area contributed by atoms with Gasteiger partial charge in [-0.3, -0.25) is 0 Å². The lowest BCUT2D eigenvalue weighted by Crippen LogP contribution is -2.23. The van der Waals surface area contributed by atoms with Crippen LogP contribution in [0.2, 0.25) is 5.02 Å². The highest BCUT2D eigenvalue weighted by molar-refractivity contribution is 6.30. The molecule has 3 rings (SSSR count). The maximum absolute atomic E-state index is 13.2. The highest BCUT2D eigenvalue weighted by Crippen LogP contribution is 2.35. The molecular formula is C24H22Cl2F3NO3. The molecule has 9 heteroatoms. The molecule has 33 heavy (non-hydrogen) atoms. The van der Waals surface area contributed by atoms with Crippen molar-refractivity contribution in [3.05, 3.63) is 94.0 Å². The Kier molecular flexibility index (Phi) is 9.31. The Bertz CT molecular complexity index is 1090. The first kappa shape index (κ1) is 26.7. The zero-order valence-corrected chi connectivity index (χ0v) is 18.8. The van der Waals surface area contributed by atoms with Crippen LogP contribution in [-0.4, -0.2) is 29.3 Å².